The molecule has 0 bridgehead atoms. The van der Waals surface area contributed by atoms with Gasteiger partial charge in [-0.1, -0.05) is 34.2 Å². The van der Waals surface area contributed by atoms with E-state index >= 15 is 0 Å². The van der Waals surface area contributed by atoms with Crippen molar-refractivity contribution in [1.29, 1.82) is 0 Å². The second kappa shape index (κ2) is 4.72. The van der Waals surface area contributed by atoms with Crippen LogP contribution in [-0.4, -0.2) is 28.6 Å². The summed E-state index contributed by atoms with van der Waals surface area (Å²) < 4.78 is 1.16. The number of piperidine rings is 1. The Morgan fingerprint density at radius 2 is 2.20 bits per heavy atom. The zero-order valence-corrected chi connectivity index (χ0v) is 11.7. The van der Waals surface area contributed by atoms with Gasteiger partial charge in [-0.2, -0.15) is 0 Å². The molecule has 0 aromatic carbocycles. The maximum atomic E-state index is 6.34. The van der Waals surface area contributed by atoms with Crippen molar-refractivity contribution < 1.29 is 0 Å². The van der Waals surface area contributed by atoms with Crippen LogP contribution in [0.15, 0.2) is 11.6 Å². The number of likely N-dealkylation sites (tertiary alicyclic amines) is 1. The van der Waals surface area contributed by atoms with E-state index in [9.17, 15) is 0 Å². The fourth-order valence-corrected chi connectivity index (χ4v) is 3.95. The lowest BCUT2D eigenvalue weighted by Crippen LogP contribution is -2.47. The van der Waals surface area contributed by atoms with Crippen LogP contribution < -0.4 is 5.73 Å². The fourth-order valence-electron chi connectivity index (χ4n) is 3.27. The normalized spacial score (nSPS) is 34.1. The number of hydrogen-bond acceptors (Lipinski definition) is 2. The van der Waals surface area contributed by atoms with Crippen molar-refractivity contribution in [3.8, 4) is 0 Å². The molecule has 1 heterocycles. The summed E-state index contributed by atoms with van der Waals surface area (Å²) in [7, 11) is 0. The molecule has 1 atom stereocenters. The SMILES string of the molecule is C/C=C1\CC[C@@H](N)C12CCN(CI)CC2. The Bertz CT molecular complexity index is 254. The lowest BCUT2D eigenvalue weighted by atomic mass is 9.71. The number of halogens is 1. The molecule has 0 aromatic heterocycles. The van der Waals surface area contributed by atoms with Crippen molar-refractivity contribution >= 4 is 22.6 Å². The quantitative estimate of drug-likeness (QED) is 0.348. The van der Waals surface area contributed by atoms with Gasteiger partial charge >= 0.3 is 0 Å². The first-order valence-corrected chi connectivity index (χ1v) is 7.45. The molecule has 3 heteroatoms. The molecule has 1 saturated carbocycles. The van der Waals surface area contributed by atoms with E-state index in [0.717, 1.165) is 4.55 Å². The van der Waals surface area contributed by atoms with Crippen LogP contribution in [0.2, 0.25) is 0 Å². The third-order valence-corrected chi connectivity index (χ3v) is 5.30. The first-order chi connectivity index (χ1) is 7.23. The van der Waals surface area contributed by atoms with Crippen LogP contribution in [0.5, 0.6) is 0 Å². The largest absolute Gasteiger partial charge is 0.327 e. The van der Waals surface area contributed by atoms with Gasteiger partial charge in [0, 0.05) is 11.5 Å². The van der Waals surface area contributed by atoms with Gasteiger partial charge in [-0.3, -0.25) is 4.90 Å². The monoisotopic (exact) mass is 320 g/mol. The molecular weight excluding hydrogens is 299 g/mol. The second-order valence-electron chi connectivity index (χ2n) is 4.85. The maximum Gasteiger partial charge on any atom is 0.0505 e. The minimum atomic E-state index is 0.372. The summed E-state index contributed by atoms with van der Waals surface area (Å²) in [6.45, 7) is 4.64. The zero-order chi connectivity index (χ0) is 10.9. The minimum Gasteiger partial charge on any atom is -0.327 e. The summed E-state index contributed by atoms with van der Waals surface area (Å²) in [6, 6.07) is 0.417. The van der Waals surface area contributed by atoms with Crippen molar-refractivity contribution in [2.75, 3.05) is 17.6 Å². The van der Waals surface area contributed by atoms with Gasteiger partial charge < -0.3 is 5.73 Å². The van der Waals surface area contributed by atoms with Crippen molar-refractivity contribution in [1.82, 2.24) is 4.90 Å². The molecule has 0 aromatic rings. The van der Waals surface area contributed by atoms with Crippen LogP contribution in [-0.2, 0) is 0 Å². The van der Waals surface area contributed by atoms with Crippen LogP contribution in [0.1, 0.15) is 32.6 Å². The van der Waals surface area contributed by atoms with Gasteiger partial charge in [-0.15, -0.1) is 0 Å². The molecule has 2 nitrogen and oxygen atoms in total. The van der Waals surface area contributed by atoms with Crippen LogP contribution >= 0.6 is 22.6 Å². The maximum absolute atomic E-state index is 6.34. The van der Waals surface area contributed by atoms with Crippen molar-refractivity contribution in [3.05, 3.63) is 11.6 Å². The van der Waals surface area contributed by atoms with Gasteiger partial charge in [0.2, 0.25) is 0 Å². The lowest BCUT2D eigenvalue weighted by Gasteiger charge is -2.42. The number of allylic oxidation sites excluding steroid dienone is 1. The van der Waals surface area contributed by atoms with E-state index in [4.69, 9.17) is 5.73 Å². The summed E-state index contributed by atoms with van der Waals surface area (Å²) in [6.07, 6.45) is 7.31. The molecule has 1 aliphatic carbocycles. The summed E-state index contributed by atoms with van der Waals surface area (Å²) in [4.78, 5) is 2.53. The van der Waals surface area contributed by atoms with E-state index in [-0.39, 0.29) is 0 Å². The van der Waals surface area contributed by atoms with E-state index in [0.29, 0.717) is 11.5 Å². The van der Waals surface area contributed by atoms with Crippen molar-refractivity contribution in [2.24, 2.45) is 11.1 Å². The summed E-state index contributed by atoms with van der Waals surface area (Å²) >= 11 is 2.46. The van der Waals surface area contributed by atoms with Crippen LogP contribution in [0.25, 0.3) is 0 Å². The summed E-state index contributed by atoms with van der Waals surface area (Å²) in [5, 5.41) is 0. The number of alkyl halides is 1. The minimum absolute atomic E-state index is 0.372. The van der Waals surface area contributed by atoms with Gasteiger partial charge in [0.15, 0.2) is 0 Å². The Morgan fingerprint density at radius 3 is 2.73 bits per heavy atom. The highest BCUT2D eigenvalue weighted by Gasteiger charge is 2.45. The van der Waals surface area contributed by atoms with Crippen LogP contribution in [0, 0.1) is 5.41 Å². The first-order valence-electron chi connectivity index (χ1n) is 5.92. The van der Waals surface area contributed by atoms with Gasteiger partial charge in [-0.25, -0.2) is 0 Å². The Kier molecular flexibility index (Phi) is 3.73. The number of nitrogens with zero attached hydrogens (tertiary/aromatic N) is 1. The lowest BCUT2D eigenvalue weighted by molar-refractivity contribution is 0.141. The molecule has 2 fully saturated rings. The van der Waals surface area contributed by atoms with E-state index in [2.05, 4.69) is 40.5 Å². The fraction of sp³-hybridized carbons (Fsp3) is 0.833. The van der Waals surface area contributed by atoms with Gasteiger partial charge in [0.25, 0.3) is 0 Å². The Morgan fingerprint density at radius 1 is 1.53 bits per heavy atom. The molecule has 1 saturated heterocycles. The second-order valence-corrected chi connectivity index (χ2v) is 5.54. The smallest absolute Gasteiger partial charge is 0.0505 e. The molecule has 2 rings (SSSR count). The van der Waals surface area contributed by atoms with Gasteiger partial charge in [0.1, 0.15) is 0 Å². The predicted molar refractivity (Wildman–Crippen MR) is 73.1 cm³/mol. The predicted octanol–water partition coefficient (Wildman–Crippen LogP) is 2.53. The van der Waals surface area contributed by atoms with Gasteiger partial charge in [-0.05, 0) is 45.7 Å². The highest BCUT2D eigenvalue weighted by molar-refractivity contribution is 14.1. The summed E-state index contributed by atoms with van der Waals surface area (Å²) in [5.41, 5.74) is 8.35. The van der Waals surface area contributed by atoms with E-state index in [1.807, 2.05) is 0 Å². The summed E-state index contributed by atoms with van der Waals surface area (Å²) in [5.74, 6) is 0. The molecule has 1 spiro atoms. The molecule has 2 aliphatic rings. The van der Waals surface area contributed by atoms with E-state index in [1.54, 1.807) is 5.57 Å². The molecule has 15 heavy (non-hydrogen) atoms. The Hall–Kier alpha value is 0.390. The molecular formula is C12H21IN2. The van der Waals surface area contributed by atoms with Crippen molar-refractivity contribution in [2.45, 2.75) is 38.6 Å². The molecule has 1 aliphatic heterocycles. The topological polar surface area (TPSA) is 29.3 Å². The average molecular weight is 320 g/mol. The Labute approximate surface area is 106 Å². The third kappa shape index (κ3) is 1.98. The molecule has 2 N–H and O–H groups in total. The number of nitrogens with two attached hydrogens (primary N) is 1. The first kappa shape index (κ1) is 11.9. The highest BCUT2D eigenvalue weighted by Crippen LogP contribution is 2.49. The van der Waals surface area contributed by atoms with Crippen LogP contribution in [0.3, 0.4) is 0 Å². The molecule has 0 radical (unpaired) electrons. The molecule has 0 unspecified atom stereocenters. The third-order valence-electron chi connectivity index (χ3n) is 4.34. The zero-order valence-electron chi connectivity index (χ0n) is 9.51. The van der Waals surface area contributed by atoms with Crippen LogP contribution in [0.4, 0.5) is 0 Å². The van der Waals surface area contributed by atoms with E-state index < -0.39 is 0 Å². The Balaban J connectivity index is 2.13. The number of rotatable bonds is 1. The van der Waals surface area contributed by atoms with E-state index in [1.165, 1.54) is 38.8 Å². The average Bonchev–Trinajstić information content (AvgIpc) is 2.58. The molecule has 86 valence electrons. The van der Waals surface area contributed by atoms with Crippen molar-refractivity contribution in [3.63, 3.8) is 0 Å². The van der Waals surface area contributed by atoms with Gasteiger partial charge in [0.05, 0.1) is 4.55 Å². The highest BCUT2D eigenvalue weighted by atomic mass is 127. The number of hydrogen-bond donors (Lipinski definition) is 1. The molecule has 0 amide bonds. The standard InChI is InChI=1S/C12H21IN2/c1-2-10-3-4-11(14)12(10)5-7-15(9-13)8-6-12/h2,11H,3-9,14H2,1H3/b10-2+/t11-/m1/s1.